The van der Waals surface area contributed by atoms with Gasteiger partial charge in [0.2, 0.25) is 0 Å². The first-order chi connectivity index (χ1) is 11.9. The molecule has 1 N–H and O–H groups in total. The van der Waals surface area contributed by atoms with E-state index >= 15 is 0 Å². The topological polar surface area (TPSA) is 70.8 Å². The predicted octanol–water partition coefficient (Wildman–Crippen LogP) is 3.83. The highest BCUT2D eigenvalue weighted by Crippen LogP contribution is 2.35. The van der Waals surface area contributed by atoms with Crippen molar-refractivity contribution < 1.29 is 19.1 Å². The minimum atomic E-state index is -0.887. The molecule has 1 fully saturated rings. The van der Waals surface area contributed by atoms with E-state index in [1.807, 2.05) is 43.3 Å². The van der Waals surface area contributed by atoms with Gasteiger partial charge in [0, 0.05) is 29.4 Å². The number of fused-ring (bicyclic) bond motifs is 3. The summed E-state index contributed by atoms with van der Waals surface area (Å²) in [5.74, 6) is -0.793. The summed E-state index contributed by atoms with van der Waals surface area (Å²) in [5, 5.41) is 12.3. The number of carboxylic acid groups (broad SMARTS) is 1. The van der Waals surface area contributed by atoms with Gasteiger partial charge in [-0.1, -0.05) is 36.4 Å². The fourth-order valence-corrected chi connectivity index (χ4v) is 3.61. The molecule has 1 unspecified atom stereocenters. The van der Waals surface area contributed by atoms with E-state index in [4.69, 9.17) is 4.42 Å². The fourth-order valence-electron chi connectivity index (χ4n) is 3.61. The SMILES string of the molecule is Cc1c(C(=O)N2CCC(C)(C(=O)O)C2)oc2c1ccc1ccccc12. The maximum absolute atomic E-state index is 12.9. The number of likely N-dealkylation sites (tertiary alicyclic amines) is 1. The lowest BCUT2D eigenvalue weighted by Gasteiger charge is -2.19. The van der Waals surface area contributed by atoms with E-state index in [1.54, 1.807) is 11.8 Å². The standard InChI is InChI=1S/C20H19NO4/c1-12-14-8-7-13-5-3-4-6-15(13)17(14)25-16(12)18(22)21-10-9-20(2,11-21)19(23)24/h3-8H,9-11H2,1-2H3,(H,23,24). The summed E-state index contributed by atoms with van der Waals surface area (Å²) >= 11 is 0. The molecule has 128 valence electrons. The minimum Gasteiger partial charge on any atom is -0.481 e. The molecule has 1 atom stereocenters. The maximum atomic E-state index is 12.9. The average molecular weight is 337 g/mol. The van der Waals surface area contributed by atoms with E-state index in [0.29, 0.717) is 24.3 Å². The van der Waals surface area contributed by atoms with E-state index < -0.39 is 11.4 Å². The second-order valence-corrected chi connectivity index (χ2v) is 7.06. The Bertz CT molecular complexity index is 1020. The molecule has 4 rings (SSSR count). The Kier molecular flexibility index (Phi) is 3.35. The summed E-state index contributed by atoms with van der Waals surface area (Å²) in [6, 6.07) is 11.9. The van der Waals surface area contributed by atoms with Gasteiger partial charge < -0.3 is 14.4 Å². The van der Waals surface area contributed by atoms with E-state index in [1.165, 1.54) is 0 Å². The van der Waals surface area contributed by atoms with Crippen LogP contribution in [-0.2, 0) is 4.79 Å². The van der Waals surface area contributed by atoms with Crippen LogP contribution in [0, 0.1) is 12.3 Å². The number of hydrogen-bond acceptors (Lipinski definition) is 3. The summed E-state index contributed by atoms with van der Waals surface area (Å²) in [4.78, 5) is 25.9. The number of carbonyl (C=O) groups excluding carboxylic acids is 1. The monoisotopic (exact) mass is 337 g/mol. The van der Waals surface area contributed by atoms with Crippen molar-refractivity contribution in [2.75, 3.05) is 13.1 Å². The summed E-state index contributed by atoms with van der Waals surface area (Å²) < 4.78 is 5.98. The molecule has 5 heteroatoms. The van der Waals surface area contributed by atoms with Crippen LogP contribution in [0.2, 0.25) is 0 Å². The van der Waals surface area contributed by atoms with Gasteiger partial charge in [0.25, 0.3) is 5.91 Å². The third-order valence-corrected chi connectivity index (χ3v) is 5.30. The molecule has 1 aromatic heterocycles. The first kappa shape index (κ1) is 15.7. The minimum absolute atomic E-state index is 0.207. The van der Waals surface area contributed by atoms with E-state index in [-0.39, 0.29) is 12.5 Å². The molecule has 0 bridgehead atoms. The van der Waals surface area contributed by atoms with Gasteiger partial charge in [-0.2, -0.15) is 0 Å². The third kappa shape index (κ3) is 2.30. The zero-order valence-corrected chi connectivity index (χ0v) is 14.2. The summed E-state index contributed by atoms with van der Waals surface area (Å²) in [6.07, 6.45) is 0.455. The van der Waals surface area contributed by atoms with Crippen LogP contribution in [0.25, 0.3) is 21.7 Å². The molecule has 1 saturated heterocycles. The quantitative estimate of drug-likeness (QED) is 0.771. The molecule has 2 aromatic carbocycles. The highest BCUT2D eigenvalue weighted by Gasteiger charge is 2.43. The Morgan fingerprint density at radius 1 is 1.16 bits per heavy atom. The number of carboxylic acids is 1. The van der Waals surface area contributed by atoms with E-state index in [9.17, 15) is 14.7 Å². The van der Waals surface area contributed by atoms with Crippen molar-refractivity contribution in [2.45, 2.75) is 20.3 Å². The molecule has 5 nitrogen and oxygen atoms in total. The number of rotatable bonds is 2. The third-order valence-electron chi connectivity index (χ3n) is 5.30. The number of aliphatic carboxylic acids is 1. The van der Waals surface area contributed by atoms with Gasteiger partial charge in [0.05, 0.1) is 5.41 Å². The number of nitrogens with zero attached hydrogens (tertiary/aromatic N) is 1. The Balaban J connectivity index is 1.77. The average Bonchev–Trinajstić information content (AvgIpc) is 3.17. The van der Waals surface area contributed by atoms with Gasteiger partial charge in [0.15, 0.2) is 5.76 Å². The molecule has 0 aliphatic carbocycles. The Morgan fingerprint density at radius 3 is 2.64 bits per heavy atom. The number of furan rings is 1. The molecule has 0 saturated carbocycles. The molecule has 3 aromatic rings. The van der Waals surface area contributed by atoms with Crippen molar-refractivity contribution >= 4 is 33.6 Å². The molecule has 0 radical (unpaired) electrons. The smallest absolute Gasteiger partial charge is 0.311 e. The lowest BCUT2D eigenvalue weighted by atomic mass is 9.90. The van der Waals surface area contributed by atoms with Crippen LogP contribution in [0.4, 0.5) is 0 Å². The van der Waals surface area contributed by atoms with Crippen LogP contribution in [0.5, 0.6) is 0 Å². The van der Waals surface area contributed by atoms with Crippen molar-refractivity contribution in [2.24, 2.45) is 5.41 Å². The van der Waals surface area contributed by atoms with Crippen LogP contribution in [-0.4, -0.2) is 35.0 Å². The Morgan fingerprint density at radius 2 is 1.92 bits per heavy atom. The predicted molar refractivity (Wildman–Crippen MR) is 94.7 cm³/mol. The van der Waals surface area contributed by atoms with Gasteiger partial charge in [-0.3, -0.25) is 9.59 Å². The van der Waals surface area contributed by atoms with Gasteiger partial charge in [-0.05, 0) is 25.7 Å². The molecule has 1 aliphatic rings. The Labute approximate surface area is 144 Å². The van der Waals surface area contributed by atoms with Gasteiger partial charge in [-0.25, -0.2) is 0 Å². The molecule has 0 spiro atoms. The molecule has 1 aliphatic heterocycles. The number of amides is 1. The molecular formula is C20H19NO4. The highest BCUT2D eigenvalue weighted by molar-refractivity contribution is 6.09. The normalized spacial score (nSPS) is 20.5. The van der Waals surface area contributed by atoms with Crippen molar-refractivity contribution in [3.05, 3.63) is 47.7 Å². The Hall–Kier alpha value is -2.82. The highest BCUT2D eigenvalue weighted by atomic mass is 16.4. The lowest BCUT2D eigenvalue weighted by molar-refractivity contribution is -0.147. The van der Waals surface area contributed by atoms with Crippen LogP contribution >= 0.6 is 0 Å². The van der Waals surface area contributed by atoms with Crippen molar-refractivity contribution in [1.82, 2.24) is 4.90 Å². The first-order valence-electron chi connectivity index (χ1n) is 8.34. The van der Waals surface area contributed by atoms with Crippen molar-refractivity contribution in [3.8, 4) is 0 Å². The summed E-state index contributed by atoms with van der Waals surface area (Å²) in [5.41, 5.74) is 0.622. The second-order valence-electron chi connectivity index (χ2n) is 7.06. The summed E-state index contributed by atoms with van der Waals surface area (Å²) in [6.45, 7) is 4.19. The van der Waals surface area contributed by atoms with Crippen LogP contribution < -0.4 is 0 Å². The fraction of sp³-hybridized carbons (Fsp3) is 0.300. The first-order valence-corrected chi connectivity index (χ1v) is 8.34. The molecule has 25 heavy (non-hydrogen) atoms. The molecule has 2 heterocycles. The van der Waals surface area contributed by atoms with Crippen LogP contribution in [0.15, 0.2) is 40.8 Å². The van der Waals surface area contributed by atoms with Crippen LogP contribution in [0.3, 0.4) is 0 Å². The second kappa shape index (κ2) is 5.34. The largest absolute Gasteiger partial charge is 0.481 e. The zero-order valence-electron chi connectivity index (χ0n) is 14.2. The van der Waals surface area contributed by atoms with Crippen LogP contribution in [0.1, 0.15) is 29.5 Å². The number of hydrogen-bond donors (Lipinski definition) is 1. The zero-order chi connectivity index (χ0) is 17.8. The van der Waals surface area contributed by atoms with Gasteiger partial charge in [-0.15, -0.1) is 0 Å². The van der Waals surface area contributed by atoms with Crippen molar-refractivity contribution in [1.29, 1.82) is 0 Å². The molecular weight excluding hydrogens is 318 g/mol. The lowest BCUT2D eigenvalue weighted by Crippen LogP contribution is -2.34. The van der Waals surface area contributed by atoms with E-state index in [2.05, 4.69) is 0 Å². The van der Waals surface area contributed by atoms with E-state index in [0.717, 1.165) is 21.7 Å². The number of benzene rings is 2. The van der Waals surface area contributed by atoms with Gasteiger partial charge >= 0.3 is 5.97 Å². The number of aryl methyl sites for hydroxylation is 1. The van der Waals surface area contributed by atoms with Gasteiger partial charge in [0.1, 0.15) is 5.58 Å². The number of carbonyl (C=O) groups is 2. The summed E-state index contributed by atoms with van der Waals surface area (Å²) in [7, 11) is 0. The van der Waals surface area contributed by atoms with Crippen molar-refractivity contribution in [3.63, 3.8) is 0 Å². The maximum Gasteiger partial charge on any atom is 0.311 e. The molecule has 1 amide bonds.